The first-order chi connectivity index (χ1) is 6.77. The number of rotatable bonds is 5. The molecule has 0 amide bonds. The molecule has 1 rings (SSSR count). The highest BCUT2D eigenvalue weighted by Crippen LogP contribution is 1.93. The zero-order chi connectivity index (χ0) is 10.4. The molecule has 76 valence electrons. The molecule has 0 spiro atoms. The van der Waals surface area contributed by atoms with Crippen molar-refractivity contribution >= 4 is 0 Å². The van der Waals surface area contributed by atoms with Gasteiger partial charge in [-0.25, -0.2) is 0 Å². The maximum Gasteiger partial charge on any atom is 0.133 e. The third-order valence-corrected chi connectivity index (χ3v) is 2.15. The van der Waals surface area contributed by atoms with E-state index in [0.717, 1.165) is 25.2 Å². The molecule has 4 heteroatoms. The van der Waals surface area contributed by atoms with E-state index in [9.17, 15) is 0 Å². The van der Waals surface area contributed by atoms with Crippen LogP contribution in [0.5, 0.6) is 0 Å². The first-order valence-electron chi connectivity index (χ1n) is 4.80. The van der Waals surface area contributed by atoms with Crippen molar-refractivity contribution in [3.63, 3.8) is 0 Å². The standard InChI is InChI=1S/C10H16N4/c1-4-9(5-2)11-7-6-10-13-12-8-14(10)3/h1,8-9,11H,5-7H2,2-3H3. The predicted molar refractivity (Wildman–Crippen MR) is 55.6 cm³/mol. The molecule has 4 nitrogen and oxygen atoms in total. The Morgan fingerprint density at radius 3 is 3.00 bits per heavy atom. The van der Waals surface area contributed by atoms with Gasteiger partial charge in [-0.3, -0.25) is 0 Å². The van der Waals surface area contributed by atoms with E-state index < -0.39 is 0 Å². The first-order valence-corrected chi connectivity index (χ1v) is 4.80. The number of nitrogens with one attached hydrogen (secondary N) is 1. The molecule has 0 aliphatic heterocycles. The number of aryl methyl sites for hydroxylation is 1. The van der Waals surface area contributed by atoms with Crippen molar-refractivity contribution in [2.24, 2.45) is 7.05 Å². The highest BCUT2D eigenvalue weighted by Gasteiger charge is 2.02. The fourth-order valence-corrected chi connectivity index (χ4v) is 1.21. The Morgan fingerprint density at radius 2 is 2.50 bits per heavy atom. The molecule has 14 heavy (non-hydrogen) atoms. The molecule has 0 saturated carbocycles. The number of hydrogen-bond donors (Lipinski definition) is 1. The fourth-order valence-electron chi connectivity index (χ4n) is 1.21. The van der Waals surface area contributed by atoms with E-state index in [1.54, 1.807) is 6.33 Å². The second-order valence-electron chi connectivity index (χ2n) is 3.19. The maximum absolute atomic E-state index is 5.33. The Kier molecular flexibility index (Phi) is 4.14. The van der Waals surface area contributed by atoms with Gasteiger partial charge in [-0.15, -0.1) is 16.6 Å². The summed E-state index contributed by atoms with van der Waals surface area (Å²) in [5.41, 5.74) is 0. The van der Waals surface area contributed by atoms with E-state index in [1.165, 1.54) is 0 Å². The molecule has 0 fully saturated rings. The van der Waals surface area contributed by atoms with Gasteiger partial charge in [0.25, 0.3) is 0 Å². The second-order valence-corrected chi connectivity index (χ2v) is 3.19. The molecule has 1 unspecified atom stereocenters. The average molecular weight is 192 g/mol. The van der Waals surface area contributed by atoms with Crippen LogP contribution < -0.4 is 5.32 Å². The van der Waals surface area contributed by atoms with Crippen molar-refractivity contribution in [1.29, 1.82) is 0 Å². The topological polar surface area (TPSA) is 42.7 Å². The predicted octanol–water partition coefficient (Wildman–Crippen LogP) is 0.359. The molecule has 0 radical (unpaired) electrons. The summed E-state index contributed by atoms with van der Waals surface area (Å²) in [6.07, 6.45) is 8.84. The van der Waals surface area contributed by atoms with Crippen molar-refractivity contribution in [1.82, 2.24) is 20.1 Å². The van der Waals surface area contributed by atoms with Gasteiger partial charge in [-0.2, -0.15) is 0 Å². The zero-order valence-electron chi connectivity index (χ0n) is 8.70. The van der Waals surface area contributed by atoms with Crippen molar-refractivity contribution in [3.8, 4) is 12.3 Å². The van der Waals surface area contributed by atoms with Gasteiger partial charge >= 0.3 is 0 Å². The molecule has 1 heterocycles. The minimum Gasteiger partial charge on any atom is -0.321 e. The summed E-state index contributed by atoms with van der Waals surface area (Å²) >= 11 is 0. The molecule has 1 atom stereocenters. The highest BCUT2D eigenvalue weighted by atomic mass is 15.2. The maximum atomic E-state index is 5.33. The summed E-state index contributed by atoms with van der Waals surface area (Å²) in [6, 6.07) is 0.170. The van der Waals surface area contributed by atoms with E-state index in [2.05, 4.69) is 28.4 Å². The molecule has 1 aromatic heterocycles. The van der Waals surface area contributed by atoms with Crippen molar-refractivity contribution in [2.75, 3.05) is 6.54 Å². The first kappa shape index (κ1) is 10.7. The van der Waals surface area contributed by atoms with Gasteiger partial charge in [-0.05, 0) is 6.42 Å². The molecular weight excluding hydrogens is 176 g/mol. The van der Waals surface area contributed by atoms with Crippen LogP contribution in [0.2, 0.25) is 0 Å². The van der Waals surface area contributed by atoms with Crippen LogP contribution in [0.25, 0.3) is 0 Å². The van der Waals surface area contributed by atoms with E-state index in [1.807, 2.05) is 11.6 Å². The smallest absolute Gasteiger partial charge is 0.133 e. The lowest BCUT2D eigenvalue weighted by atomic mass is 10.2. The van der Waals surface area contributed by atoms with Gasteiger partial charge < -0.3 is 9.88 Å². The van der Waals surface area contributed by atoms with Crippen LogP contribution in [-0.4, -0.2) is 27.4 Å². The monoisotopic (exact) mass is 192 g/mol. The molecule has 1 aromatic rings. The van der Waals surface area contributed by atoms with Gasteiger partial charge in [-0.1, -0.05) is 12.8 Å². The van der Waals surface area contributed by atoms with Crippen LogP contribution in [-0.2, 0) is 13.5 Å². The lowest BCUT2D eigenvalue weighted by Gasteiger charge is -2.09. The van der Waals surface area contributed by atoms with Gasteiger partial charge in [0.05, 0.1) is 6.04 Å². The normalized spacial score (nSPS) is 12.4. The molecule has 0 saturated heterocycles. The Bertz CT molecular complexity index is 310. The third kappa shape index (κ3) is 2.86. The Morgan fingerprint density at radius 1 is 1.71 bits per heavy atom. The van der Waals surface area contributed by atoms with Crippen LogP contribution in [0.4, 0.5) is 0 Å². The quantitative estimate of drug-likeness (QED) is 0.685. The minimum atomic E-state index is 0.170. The van der Waals surface area contributed by atoms with Crippen molar-refractivity contribution in [3.05, 3.63) is 12.2 Å². The Hall–Kier alpha value is -1.34. The summed E-state index contributed by atoms with van der Waals surface area (Å²) in [4.78, 5) is 0. The van der Waals surface area contributed by atoms with Gasteiger partial charge in [0.1, 0.15) is 12.2 Å². The molecule has 0 aromatic carbocycles. The van der Waals surface area contributed by atoms with E-state index in [4.69, 9.17) is 6.42 Å². The van der Waals surface area contributed by atoms with Crippen LogP contribution in [0.3, 0.4) is 0 Å². The lowest BCUT2D eigenvalue weighted by molar-refractivity contribution is 0.580. The van der Waals surface area contributed by atoms with Gasteiger partial charge in [0.2, 0.25) is 0 Å². The lowest BCUT2D eigenvalue weighted by Crippen LogP contribution is -2.29. The summed E-state index contributed by atoms with van der Waals surface area (Å²) in [6.45, 7) is 2.91. The number of aromatic nitrogens is 3. The molecule has 1 N–H and O–H groups in total. The number of hydrogen-bond acceptors (Lipinski definition) is 3. The SMILES string of the molecule is C#CC(CC)NCCc1nncn1C. The van der Waals surface area contributed by atoms with E-state index in [0.29, 0.717) is 0 Å². The largest absolute Gasteiger partial charge is 0.321 e. The summed E-state index contributed by atoms with van der Waals surface area (Å²) in [7, 11) is 1.94. The summed E-state index contributed by atoms with van der Waals surface area (Å²) < 4.78 is 1.92. The van der Waals surface area contributed by atoms with E-state index >= 15 is 0 Å². The minimum absolute atomic E-state index is 0.170. The van der Waals surface area contributed by atoms with Crippen molar-refractivity contribution < 1.29 is 0 Å². The van der Waals surface area contributed by atoms with Gasteiger partial charge in [0.15, 0.2) is 0 Å². The van der Waals surface area contributed by atoms with Gasteiger partial charge in [0, 0.05) is 20.0 Å². The summed E-state index contributed by atoms with van der Waals surface area (Å²) in [5.74, 6) is 3.67. The van der Waals surface area contributed by atoms with Crippen LogP contribution in [0.15, 0.2) is 6.33 Å². The fraction of sp³-hybridized carbons (Fsp3) is 0.600. The summed E-state index contributed by atoms with van der Waals surface area (Å²) in [5, 5.41) is 11.1. The van der Waals surface area contributed by atoms with Crippen LogP contribution in [0.1, 0.15) is 19.2 Å². The molecule has 0 bridgehead atoms. The molecule has 0 aliphatic carbocycles. The second kappa shape index (κ2) is 5.40. The number of terminal acetylenes is 1. The van der Waals surface area contributed by atoms with E-state index in [-0.39, 0.29) is 6.04 Å². The van der Waals surface area contributed by atoms with Crippen molar-refractivity contribution in [2.45, 2.75) is 25.8 Å². The van der Waals surface area contributed by atoms with Crippen LogP contribution >= 0.6 is 0 Å². The van der Waals surface area contributed by atoms with Crippen LogP contribution in [0, 0.1) is 12.3 Å². The highest BCUT2D eigenvalue weighted by molar-refractivity contribution is 4.98. The molecule has 0 aliphatic rings. The Labute approximate surface area is 84.7 Å². The number of nitrogens with zero attached hydrogens (tertiary/aromatic N) is 3. The zero-order valence-corrected chi connectivity index (χ0v) is 8.70. The molecular formula is C10H16N4. The average Bonchev–Trinajstić information content (AvgIpc) is 2.59. The Balaban J connectivity index is 2.29. The third-order valence-electron chi connectivity index (χ3n) is 2.15.